The van der Waals surface area contributed by atoms with Crippen molar-refractivity contribution in [3.8, 4) is 0 Å². The highest BCUT2D eigenvalue weighted by molar-refractivity contribution is 7.89. The highest BCUT2D eigenvalue weighted by Crippen LogP contribution is 2.31. The number of carbonyl (C=O) groups is 1. The maximum atomic E-state index is 13.2. The van der Waals surface area contributed by atoms with E-state index in [0.717, 1.165) is 30.4 Å². The molecule has 5 rings (SSSR count). The first-order valence-electron chi connectivity index (χ1n) is 10.7. The summed E-state index contributed by atoms with van der Waals surface area (Å²) in [5.41, 5.74) is 2.65. The molecule has 0 radical (unpaired) electrons. The number of rotatable bonds is 4. The van der Waals surface area contributed by atoms with E-state index in [2.05, 4.69) is 4.99 Å². The number of nitrogens with zero attached hydrogens (tertiary/aromatic N) is 3. The smallest absolute Gasteiger partial charge is 0.289 e. The van der Waals surface area contributed by atoms with Crippen LogP contribution < -0.4 is 4.90 Å². The molecule has 0 N–H and O–H groups in total. The average Bonchev–Trinajstić information content (AvgIpc) is 3.49. The lowest BCUT2D eigenvalue weighted by Gasteiger charge is -2.26. The summed E-state index contributed by atoms with van der Waals surface area (Å²) in [5.74, 6) is 0.250. The van der Waals surface area contributed by atoms with Crippen molar-refractivity contribution < 1.29 is 13.2 Å². The number of benzene rings is 2. The SMILES string of the molecule is O=C(N=C1c2ccccc2CN1c1cccc(S(=O)(=O)N2CCCCC2)c1)c1cccs1. The second kappa shape index (κ2) is 8.61. The molecule has 6 nitrogen and oxygen atoms in total. The highest BCUT2D eigenvalue weighted by atomic mass is 32.2. The Hall–Kier alpha value is -2.81. The molecule has 2 aliphatic heterocycles. The van der Waals surface area contributed by atoms with Crippen molar-refractivity contribution in [3.63, 3.8) is 0 Å². The van der Waals surface area contributed by atoms with Crippen molar-refractivity contribution in [2.45, 2.75) is 30.7 Å². The zero-order valence-electron chi connectivity index (χ0n) is 17.5. The average molecular weight is 466 g/mol. The van der Waals surface area contributed by atoms with Crippen LogP contribution in [-0.4, -0.2) is 37.6 Å². The standard InChI is InChI=1S/C24H23N3O3S2/c28-24(22-12-7-15-31-22)25-23-21-11-3-2-8-18(21)17-27(23)19-9-6-10-20(16-19)32(29,30)26-13-4-1-5-14-26/h2-3,6-12,15-16H,1,4-5,13-14,17H2. The topological polar surface area (TPSA) is 70.0 Å². The van der Waals surface area contributed by atoms with E-state index in [-0.39, 0.29) is 10.8 Å². The minimum Gasteiger partial charge on any atom is -0.321 e. The third-order valence-corrected chi connectivity index (χ3v) is 8.62. The Morgan fingerprint density at radius 1 is 0.938 bits per heavy atom. The number of thiophene rings is 1. The Morgan fingerprint density at radius 3 is 2.53 bits per heavy atom. The summed E-state index contributed by atoms with van der Waals surface area (Å²) in [6, 6.07) is 18.4. The molecule has 0 atom stereocenters. The Labute approximate surface area is 191 Å². The molecule has 1 aromatic heterocycles. The van der Waals surface area contributed by atoms with Crippen molar-refractivity contribution in [3.05, 3.63) is 82.0 Å². The summed E-state index contributed by atoms with van der Waals surface area (Å²) < 4.78 is 28.0. The van der Waals surface area contributed by atoms with E-state index in [1.54, 1.807) is 28.6 Å². The van der Waals surface area contributed by atoms with Crippen LogP contribution in [0.15, 0.2) is 75.9 Å². The quantitative estimate of drug-likeness (QED) is 0.568. The van der Waals surface area contributed by atoms with Gasteiger partial charge in [0.2, 0.25) is 10.0 Å². The van der Waals surface area contributed by atoms with E-state index in [0.29, 0.717) is 36.0 Å². The van der Waals surface area contributed by atoms with Crippen LogP contribution in [0.1, 0.15) is 40.1 Å². The molecule has 2 aromatic carbocycles. The maximum absolute atomic E-state index is 13.2. The van der Waals surface area contributed by atoms with Gasteiger partial charge in [0.1, 0.15) is 5.84 Å². The lowest BCUT2D eigenvalue weighted by atomic mass is 10.1. The molecule has 0 aliphatic carbocycles. The lowest BCUT2D eigenvalue weighted by molar-refractivity contribution is 0.101. The van der Waals surface area contributed by atoms with Gasteiger partial charge >= 0.3 is 0 Å². The van der Waals surface area contributed by atoms with Crippen LogP contribution in [0.3, 0.4) is 0 Å². The summed E-state index contributed by atoms with van der Waals surface area (Å²) in [7, 11) is -3.56. The largest absolute Gasteiger partial charge is 0.321 e. The van der Waals surface area contributed by atoms with Gasteiger partial charge in [0.25, 0.3) is 5.91 Å². The maximum Gasteiger partial charge on any atom is 0.289 e. The zero-order valence-corrected chi connectivity index (χ0v) is 19.1. The number of carbonyl (C=O) groups excluding carboxylic acids is 1. The second-order valence-corrected chi connectivity index (χ2v) is 10.8. The van der Waals surface area contributed by atoms with Crippen LogP contribution in [0.5, 0.6) is 0 Å². The normalized spacial score (nSPS) is 18.1. The summed E-state index contributed by atoms with van der Waals surface area (Å²) in [5, 5.41) is 1.85. The van der Waals surface area contributed by atoms with Crippen molar-refractivity contribution >= 4 is 38.8 Å². The number of aliphatic imine (C=N–C) groups is 1. The monoisotopic (exact) mass is 465 g/mol. The fraction of sp³-hybridized carbons (Fsp3) is 0.250. The van der Waals surface area contributed by atoms with E-state index in [4.69, 9.17) is 0 Å². The molecule has 3 heterocycles. The molecule has 1 saturated heterocycles. The van der Waals surface area contributed by atoms with Crippen LogP contribution in [-0.2, 0) is 16.6 Å². The minimum absolute atomic E-state index is 0.275. The number of amidine groups is 1. The molecule has 2 aliphatic rings. The van der Waals surface area contributed by atoms with Gasteiger partial charge in [-0.05, 0) is 48.1 Å². The number of anilines is 1. The molecule has 1 fully saturated rings. The predicted molar refractivity (Wildman–Crippen MR) is 127 cm³/mol. The lowest BCUT2D eigenvalue weighted by Crippen LogP contribution is -2.35. The van der Waals surface area contributed by atoms with Gasteiger partial charge in [0, 0.05) is 24.3 Å². The zero-order chi connectivity index (χ0) is 22.1. The van der Waals surface area contributed by atoms with Gasteiger partial charge in [-0.3, -0.25) is 4.79 Å². The van der Waals surface area contributed by atoms with Crippen LogP contribution >= 0.6 is 11.3 Å². The molecule has 164 valence electrons. The first kappa shape index (κ1) is 21.1. The molecule has 0 unspecified atom stereocenters. The molecule has 32 heavy (non-hydrogen) atoms. The van der Waals surface area contributed by atoms with Gasteiger partial charge in [0.15, 0.2) is 0 Å². The molecule has 0 saturated carbocycles. The third kappa shape index (κ3) is 3.90. The highest BCUT2D eigenvalue weighted by Gasteiger charge is 2.30. The summed E-state index contributed by atoms with van der Waals surface area (Å²) >= 11 is 1.35. The van der Waals surface area contributed by atoms with E-state index < -0.39 is 10.0 Å². The van der Waals surface area contributed by atoms with E-state index in [1.165, 1.54) is 11.3 Å². The first-order chi connectivity index (χ1) is 15.5. The minimum atomic E-state index is -3.56. The Balaban J connectivity index is 1.53. The molecule has 1 amide bonds. The van der Waals surface area contributed by atoms with Gasteiger partial charge in [0.05, 0.1) is 16.3 Å². The summed E-state index contributed by atoms with van der Waals surface area (Å²) in [6.45, 7) is 1.65. The van der Waals surface area contributed by atoms with Gasteiger partial charge in [-0.25, -0.2) is 8.42 Å². The van der Waals surface area contributed by atoms with Crippen LogP contribution in [0.4, 0.5) is 5.69 Å². The van der Waals surface area contributed by atoms with Crippen LogP contribution in [0.2, 0.25) is 0 Å². The number of amides is 1. The fourth-order valence-electron chi connectivity index (χ4n) is 4.22. The second-order valence-electron chi connectivity index (χ2n) is 7.92. The number of hydrogen-bond donors (Lipinski definition) is 0. The third-order valence-electron chi connectivity index (χ3n) is 5.86. The Kier molecular flexibility index (Phi) is 5.67. The molecular formula is C24H23N3O3S2. The van der Waals surface area contributed by atoms with Crippen molar-refractivity contribution in [1.82, 2.24) is 4.31 Å². The number of fused-ring (bicyclic) bond motifs is 1. The van der Waals surface area contributed by atoms with E-state index in [1.807, 2.05) is 46.7 Å². The fourth-order valence-corrected chi connectivity index (χ4v) is 6.38. The van der Waals surface area contributed by atoms with E-state index in [9.17, 15) is 13.2 Å². The Bertz CT molecular complexity index is 1280. The molecule has 3 aromatic rings. The van der Waals surface area contributed by atoms with E-state index >= 15 is 0 Å². The summed E-state index contributed by atoms with van der Waals surface area (Å²) in [4.78, 5) is 20.0. The van der Waals surface area contributed by atoms with Crippen LogP contribution in [0, 0.1) is 0 Å². The number of sulfonamides is 1. The van der Waals surface area contributed by atoms with Crippen molar-refractivity contribution in [2.24, 2.45) is 4.99 Å². The summed E-state index contributed by atoms with van der Waals surface area (Å²) in [6.07, 6.45) is 2.85. The number of hydrogen-bond acceptors (Lipinski definition) is 4. The first-order valence-corrected chi connectivity index (χ1v) is 13.0. The van der Waals surface area contributed by atoms with Crippen molar-refractivity contribution in [2.75, 3.05) is 18.0 Å². The molecule has 8 heteroatoms. The Morgan fingerprint density at radius 2 is 1.75 bits per heavy atom. The van der Waals surface area contributed by atoms with Gasteiger partial charge < -0.3 is 4.90 Å². The van der Waals surface area contributed by atoms with Crippen LogP contribution in [0.25, 0.3) is 0 Å². The van der Waals surface area contributed by atoms with Gasteiger partial charge in [-0.2, -0.15) is 9.30 Å². The van der Waals surface area contributed by atoms with Gasteiger partial charge in [-0.1, -0.05) is 42.8 Å². The molecule has 0 spiro atoms. The van der Waals surface area contributed by atoms with Crippen molar-refractivity contribution in [1.29, 1.82) is 0 Å². The molecular weight excluding hydrogens is 442 g/mol. The van der Waals surface area contributed by atoms with Gasteiger partial charge in [-0.15, -0.1) is 11.3 Å². The predicted octanol–water partition coefficient (Wildman–Crippen LogP) is 4.53. The number of piperidine rings is 1. The molecule has 0 bridgehead atoms.